The van der Waals surface area contributed by atoms with Gasteiger partial charge in [0.25, 0.3) is 0 Å². The van der Waals surface area contributed by atoms with Crippen LogP contribution < -0.4 is 21.6 Å². The summed E-state index contributed by atoms with van der Waals surface area (Å²) in [5.41, 5.74) is -0.710. The van der Waals surface area contributed by atoms with E-state index in [-0.39, 0.29) is 33.6 Å². The normalized spacial score (nSPS) is 45.4. The van der Waals surface area contributed by atoms with Crippen LogP contribution in [-0.4, -0.2) is 41.0 Å². The zero-order valence-corrected chi connectivity index (χ0v) is 11.6. The number of hydrogen-bond acceptors (Lipinski definition) is 2. The molecule has 1 saturated carbocycles. The Labute approximate surface area is 106 Å². The van der Waals surface area contributed by atoms with Crippen molar-refractivity contribution in [3.63, 3.8) is 0 Å². The van der Waals surface area contributed by atoms with Gasteiger partial charge in [-0.3, -0.25) is 0 Å². The van der Waals surface area contributed by atoms with E-state index in [4.69, 9.17) is 3.07 Å². The molecule has 0 aromatic carbocycles. The van der Waals surface area contributed by atoms with Crippen LogP contribution in [0.2, 0.25) is 0 Å². The van der Waals surface area contributed by atoms with Gasteiger partial charge in [-0.25, -0.2) is 0 Å². The van der Waals surface area contributed by atoms with Gasteiger partial charge in [0.15, 0.2) is 0 Å². The van der Waals surface area contributed by atoms with Crippen LogP contribution in [0.25, 0.3) is 0 Å². The van der Waals surface area contributed by atoms with Crippen molar-refractivity contribution in [2.75, 3.05) is 24.6 Å². The minimum absolute atomic E-state index is 0.0321. The molecule has 5 heteroatoms. The zero-order valence-electron chi connectivity index (χ0n) is 9.44. The molecule has 16 heavy (non-hydrogen) atoms. The van der Waals surface area contributed by atoms with Crippen molar-refractivity contribution in [1.29, 1.82) is 0 Å². The minimum atomic E-state index is -2.40. The third-order valence-corrected chi connectivity index (χ3v) is 5.48. The van der Waals surface area contributed by atoms with Gasteiger partial charge in [0, 0.05) is 0 Å². The average Bonchev–Trinajstić information content (AvgIpc) is 2.53. The van der Waals surface area contributed by atoms with Gasteiger partial charge in [0.05, 0.1) is 0 Å². The van der Waals surface area contributed by atoms with Gasteiger partial charge in [-0.2, -0.15) is 0 Å². The molecule has 1 aliphatic carbocycles. The van der Waals surface area contributed by atoms with E-state index in [1.54, 1.807) is 0 Å². The van der Waals surface area contributed by atoms with Crippen molar-refractivity contribution >= 4 is 0 Å². The van der Waals surface area contributed by atoms with Gasteiger partial charge in [-0.1, -0.05) is 0 Å². The fraction of sp³-hybridized carbons (Fsp3) is 1.00. The molecule has 0 amide bonds. The molecule has 0 bridgehead atoms. The van der Waals surface area contributed by atoms with E-state index in [1.807, 2.05) is 0 Å². The Hall–Kier alpha value is 0.510. The number of alkyl halides is 3. The van der Waals surface area contributed by atoms with Crippen LogP contribution in [0.1, 0.15) is 25.7 Å². The van der Waals surface area contributed by atoms with E-state index in [0.29, 0.717) is 19.6 Å². The van der Waals surface area contributed by atoms with E-state index in [1.165, 1.54) is 0 Å². The van der Waals surface area contributed by atoms with Gasteiger partial charge >= 0.3 is 106 Å². The summed E-state index contributed by atoms with van der Waals surface area (Å²) in [5, 5.41) is 0. The molecule has 0 radical (unpaired) electrons. The van der Waals surface area contributed by atoms with Gasteiger partial charge in [-0.05, 0) is 0 Å². The molecule has 0 aromatic heterocycles. The third kappa shape index (κ3) is 1.47. The second-order valence-electron chi connectivity index (χ2n) is 5.50. The Morgan fingerprint density at radius 2 is 2.12 bits per heavy atom. The Morgan fingerprint density at radius 3 is 2.75 bits per heavy atom. The van der Waals surface area contributed by atoms with Gasteiger partial charge < -0.3 is 0 Å². The van der Waals surface area contributed by atoms with Crippen molar-refractivity contribution in [3.8, 4) is 0 Å². The Kier molecular flexibility index (Phi) is 2.54. The molecule has 0 N–H and O–H groups in total. The molecule has 3 aliphatic rings. The van der Waals surface area contributed by atoms with Crippen molar-refractivity contribution in [2.45, 2.75) is 37.1 Å². The summed E-state index contributed by atoms with van der Waals surface area (Å²) in [4.78, 5) is 4.36. The van der Waals surface area contributed by atoms with Crippen LogP contribution in [0.3, 0.4) is 0 Å². The molecule has 1 spiro atoms. The molecule has 2 nitrogen and oxygen atoms in total. The SMILES string of the molecule is C[I-]OC[C@@]12CCCN1C[C@@]1(CC1(F)F)C2. The van der Waals surface area contributed by atoms with Gasteiger partial charge in [-0.15, -0.1) is 0 Å². The Balaban J connectivity index is 1.77. The standard InChI is InChI=1S/C11H17F2INO/c1-14-16-8-10-3-2-4-15(10)7-9(5-10)6-11(9,12)13/h2-8H2,1H3/q-1/t9-,10-/m0/s1. The average molecular weight is 344 g/mol. The number of halogens is 3. The summed E-state index contributed by atoms with van der Waals surface area (Å²) in [6, 6.07) is 0. The first-order valence-electron chi connectivity index (χ1n) is 5.78. The van der Waals surface area contributed by atoms with E-state index in [2.05, 4.69) is 9.83 Å². The maximum absolute atomic E-state index is 13.4. The Bertz CT molecular complexity index is 314. The molecule has 0 unspecified atom stereocenters. The first kappa shape index (κ1) is 11.6. The van der Waals surface area contributed by atoms with Crippen molar-refractivity contribution in [2.24, 2.45) is 5.41 Å². The summed E-state index contributed by atoms with van der Waals surface area (Å²) in [5.74, 6) is -2.40. The first-order valence-corrected chi connectivity index (χ1v) is 8.82. The van der Waals surface area contributed by atoms with Crippen molar-refractivity contribution < 1.29 is 33.5 Å². The quantitative estimate of drug-likeness (QED) is 0.476. The summed E-state index contributed by atoms with van der Waals surface area (Å²) < 4.78 is 32.5. The fourth-order valence-electron chi connectivity index (χ4n) is 3.61. The maximum atomic E-state index is 13.4. The molecule has 94 valence electrons. The molecule has 2 heterocycles. The molecule has 0 aromatic rings. The number of fused-ring (bicyclic) bond motifs is 1. The molecule has 2 atom stereocenters. The third-order valence-electron chi connectivity index (χ3n) is 4.55. The molecule has 3 rings (SSSR count). The molecule has 3 fully saturated rings. The van der Waals surface area contributed by atoms with Gasteiger partial charge in [0.2, 0.25) is 0 Å². The second kappa shape index (κ2) is 3.51. The second-order valence-corrected chi connectivity index (χ2v) is 7.00. The first-order chi connectivity index (χ1) is 7.54. The number of hydrogen-bond donors (Lipinski definition) is 0. The summed E-state index contributed by atoms with van der Waals surface area (Å²) in [6.07, 6.45) is 2.97. The van der Waals surface area contributed by atoms with E-state index >= 15 is 0 Å². The predicted molar refractivity (Wildman–Crippen MR) is 52.0 cm³/mol. The number of nitrogens with zero attached hydrogens (tertiary/aromatic N) is 1. The predicted octanol–water partition coefficient (Wildman–Crippen LogP) is -1.10. The van der Waals surface area contributed by atoms with E-state index in [0.717, 1.165) is 19.4 Å². The van der Waals surface area contributed by atoms with Crippen LogP contribution in [0.4, 0.5) is 8.78 Å². The summed E-state index contributed by atoms with van der Waals surface area (Å²) in [6.45, 7) is 2.28. The monoisotopic (exact) mass is 344 g/mol. The van der Waals surface area contributed by atoms with Crippen LogP contribution in [0.15, 0.2) is 0 Å². The van der Waals surface area contributed by atoms with Crippen LogP contribution in [0.5, 0.6) is 0 Å². The Morgan fingerprint density at radius 1 is 1.38 bits per heavy atom. The van der Waals surface area contributed by atoms with Crippen molar-refractivity contribution in [3.05, 3.63) is 0 Å². The van der Waals surface area contributed by atoms with Gasteiger partial charge in [0.1, 0.15) is 0 Å². The molecule has 2 aliphatic heterocycles. The zero-order chi connectivity index (χ0) is 11.4. The summed E-state index contributed by atoms with van der Waals surface area (Å²) >= 11 is -0.190. The topological polar surface area (TPSA) is 12.5 Å². The van der Waals surface area contributed by atoms with E-state index < -0.39 is 11.3 Å². The summed E-state index contributed by atoms with van der Waals surface area (Å²) in [7, 11) is 0. The molecule has 2 saturated heterocycles. The molecular formula is C11H17F2INO-. The fourth-order valence-corrected chi connectivity index (χ4v) is 4.50. The number of rotatable bonds is 3. The molecular weight excluding hydrogens is 327 g/mol. The van der Waals surface area contributed by atoms with E-state index in [9.17, 15) is 8.78 Å². The van der Waals surface area contributed by atoms with Crippen LogP contribution in [-0.2, 0) is 3.07 Å². The van der Waals surface area contributed by atoms with Crippen molar-refractivity contribution in [1.82, 2.24) is 4.90 Å². The van der Waals surface area contributed by atoms with Crippen LogP contribution in [0, 0.1) is 5.41 Å². The van der Waals surface area contributed by atoms with Crippen LogP contribution >= 0.6 is 0 Å².